The first kappa shape index (κ1) is 15.0. The Bertz CT molecular complexity index is 586. The molecule has 3 rings (SSSR count). The Kier molecular flexibility index (Phi) is 4.16. The SMILES string of the molecule is COc1ccc(F)cc1C(C(=O)O)N1C[C@H]2CC=CC[C@H]2C1. The van der Waals surface area contributed by atoms with Crippen LogP contribution in [0.15, 0.2) is 30.4 Å². The molecule has 2 aliphatic rings. The van der Waals surface area contributed by atoms with Gasteiger partial charge in [-0.05, 0) is 42.9 Å². The van der Waals surface area contributed by atoms with Crippen molar-refractivity contribution in [3.05, 3.63) is 41.7 Å². The molecular weight excluding hydrogens is 285 g/mol. The summed E-state index contributed by atoms with van der Waals surface area (Å²) in [7, 11) is 1.48. The molecule has 0 aromatic heterocycles. The van der Waals surface area contributed by atoms with Crippen molar-refractivity contribution in [2.45, 2.75) is 18.9 Å². The standard InChI is InChI=1S/C17H20FNO3/c1-22-15-7-6-13(18)8-14(15)16(17(20)21)19-9-11-4-2-3-5-12(11)10-19/h2-3,6-8,11-12,16H,4-5,9-10H2,1H3,(H,20,21)/t11-,12+,16?. The Balaban J connectivity index is 1.91. The van der Waals surface area contributed by atoms with E-state index in [-0.39, 0.29) is 0 Å². The Morgan fingerprint density at radius 2 is 1.95 bits per heavy atom. The fourth-order valence-corrected chi connectivity index (χ4v) is 3.67. The van der Waals surface area contributed by atoms with Crippen LogP contribution in [0.25, 0.3) is 0 Å². The molecule has 1 aliphatic carbocycles. The number of rotatable bonds is 4. The molecule has 0 bridgehead atoms. The Hall–Kier alpha value is -1.88. The van der Waals surface area contributed by atoms with Crippen molar-refractivity contribution in [1.29, 1.82) is 0 Å². The van der Waals surface area contributed by atoms with Crippen molar-refractivity contribution in [2.24, 2.45) is 11.8 Å². The van der Waals surface area contributed by atoms with Crippen molar-refractivity contribution in [1.82, 2.24) is 4.90 Å². The van der Waals surface area contributed by atoms with Gasteiger partial charge < -0.3 is 9.84 Å². The topological polar surface area (TPSA) is 49.8 Å². The number of methoxy groups -OCH3 is 1. The lowest BCUT2D eigenvalue weighted by Gasteiger charge is -2.26. The average Bonchev–Trinajstić information content (AvgIpc) is 2.90. The maximum absolute atomic E-state index is 13.6. The Morgan fingerprint density at radius 3 is 2.50 bits per heavy atom. The van der Waals surface area contributed by atoms with Gasteiger partial charge in [0.1, 0.15) is 17.6 Å². The van der Waals surface area contributed by atoms with Crippen molar-refractivity contribution in [2.75, 3.05) is 20.2 Å². The van der Waals surface area contributed by atoms with Gasteiger partial charge in [-0.25, -0.2) is 4.39 Å². The number of aliphatic carboxylic acids is 1. The molecule has 22 heavy (non-hydrogen) atoms. The normalized spacial score (nSPS) is 25.7. The average molecular weight is 305 g/mol. The molecule has 1 aromatic rings. The summed E-state index contributed by atoms with van der Waals surface area (Å²) in [6.45, 7) is 1.46. The van der Waals surface area contributed by atoms with E-state index in [9.17, 15) is 14.3 Å². The highest BCUT2D eigenvalue weighted by atomic mass is 19.1. The van der Waals surface area contributed by atoms with Crippen molar-refractivity contribution in [3.8, 4) is 5.75 Å². The molecule has 1 aliphatic heterocycles. The summed E-state index contributed by atoms with van der Waals surface area (Å²) >= 11 is 0. The van der Waals surface area contributed by atoms with Crippen LogP contribution in [0, 0.1) is 17.7 Å². The number of ether oxygens (including phenoxy) is 1. The van der Waals surface area contributed by atoms with E-state index in [0.717, 1.165) is 25.9 Å². The number of carboxylic acids is 1. The molecular formula is C17H20FNO3. The van der Waals surface area contributed by atoms with Gasteiger partial charge in [0.2, 0.25) is 0 Å². The summed E-state index contributed by atoms with van der Waals surface area (Å²) < 4.78 is 18.9. The molecule has 0 radical (unpaired) electrons. The predicted octanol–water partition coefficient (Wildman–Crippen LogP) is 2.86. The van der Waals surface area contributed by atoms with Crippen LogP contribution in [0.1, 0.15) is 24.4 Å². The maximum atomic E-state index is 13.6. The van der Waals surface area contributed by atoms with E-state index in [4.69, 9.17) is 4.74 Å². The molecule has 0 saturated carbocycles. The number of hydrogen-bond acceptors (Lipinski definition) is 3. The summed E-state index contributed by atoms with van der Waals surface area (Å²) in [6, 6.07) is 3.19. The number of hydrogen-bond donors (Lipinski definition) is 1. The number of carbonyl (C=O) groups is 1. The number of halogens is 1. The third kappa shape index (κ3) is 2.73. The molecule has 1 aromatic carbocycles. The lowest BCUT2D eigenvalue weighted by Crippen LogP contribution is -2.33. The largest absolute Gasteiger partial charge is 0.496 e. The van der Waals surface area contributed by atoms with Crippen LogP contribution in [0.3, 0.4) is 0 Å². The van der Waals surface area contributed by atoms with Gasteiger partial charge in [-0.2, -0.15) is 0 Å². The fraction of sp³-hybridized carbons (Fsp3) is 0.471. The minimum Gasteiger partial charge on any atom is -0.496 e. The van der Waals surface area contributed by atoms with Crippen molar-refractivity contribution in [3.63, 3.8) is 0 Å². The number of nitrogens with zero attached hydrogens (tertiary/aromatic N) is 1. The lowest BCUT2D eigenvalue weighted by atomic mass is 9.86. The molecule has 0 amide bonds. The predicted molar refractivity (Wildman–Crippen MR) is 80.3 cm³/mol. The zero-order chi connectivity index (χ0) is 15.7. The zero-order valence-corrected chi connectivity index (χ0v) is 12.5. The summed E-state index contributed by atoms with van der Waals surface area (Å²) in [4.78, 5) is 13.8. The highest BCUT2D eigenvalue weighted by Crippen LogP contribution is 2.39. The van der Waals surface area contributed by atoms with Gasteiger partial charge in [0, 0.05) is 18.7 Å². The first-order valence-electron chi connectivity index (χ1n) is 7.55. The highest BCUT2D eigenvalue weighted by molar-refractivity contribution is 5.76. The third-order valence-corrected chi connectivity index (χ3v) is 4.73. The smallest absolute Gasteiger partial charge is 0.325 e. The molecule has 1 heterocycles. The molecule has 4 nitrogen and oxygen atoms in total. The van der Waals surface area contributed by atoms with Gasteiger partial charge in [0.25, 0.3) is 0 Å². The van der Waals surface area contributed by atoms with E-state index >= 15 is 0 Å². The highest BCUT2D eigenvalue weighted by Gasteiger charge is 2.40. The van der Waals surface area contributed by atoms with E-state index in [1.807, 2.05) is 4.90 Å². The number of allylic oxidation sites excluding steroid dienone is 2. The van der Waals surface area contributed by atoms with Crippen LogP contribution in [-0.4, -0.2) is 36.2 Å². The van der Waals surface area contributed by atoms with Crippen LogP contribution in [0.4, 0.5) is 4.39 Å². The summed E-state index contributed by atoms with van der Waals surface area (Å²) in [5, 5.41) is 9.70. The fourth-order valence-electron chi connectivity index (χ4n) is 3.67. The number of carboxylic acid groups (broad SMARTS) is 1. The molecule has 1 N–H and O–H groups in total. The minimum atomic E-state index is -0.962. The second-order valence-electron chi connectivity index (χ2n) is 6.04. The van der Waals surface area contributed by atoms with Gasteiger partial charge in [-0.15, -0.1) is 0 Å². The van der Waals surface area contributed by atoms with Crippen LogP contribution >= 0.6 is 0 Å². The Labute approximate surface area is 129 Å². The molecule has 118 valence electrons. The molecule has 1 unspecified atom stereocenters. The second-order valence-corrected chi connectivity index (χ2v) is 6.04. The van der Waals surface area contributed by atoms with E-state index < -0.39 is 17.8 Å². The maximum Gasteiger partial charge on any atom is 0.325 e. The van der Waals surface area contributed by atoms with Crippen LogP contribution in [-0.2, 0) is 4.79 Å². The number of fused-ring (bicyclic) bond motifs is 1. The van der Waals surface area contributed by atoms with E-state index in [1.54, 1.807) is 0 Å². The summed E-state index contributed by atoms with van der Waals surface area (Å²) in [5.74, 6) is -0.00422. The van der Waals surface area contributed by atoms with Gasteiger partial charge >= 0.3 is 5.97 Å². The first-order chi connectivity index (χ1) is 10.6. The molecule has 5 heteroatoms. The summed E-state index contributed by atoms with van der Waals surface area (Å²) in [5.41, 5.74) is 0.390. The first-order valence-corrected chi connectivity index (χ1v) is 7.55. The van der Waals surface area contributed by atoms with Gasteiger partial charge in [0.05, 0.1) is 7.11 Å². The molecule has 0 spiro atoms. The monoisotopic (exact) mass is 305 g/mol. The molecule has 3 atom stereocenters. The quantitative estimate of drug-likeness (QED) is 0.869. The van der Waals surface area contributed by atoms with Crippen molar-refractivity contribution >= 4 is 5.97 Å². The van der Waals surface area contributed by atoms with Crippen LogP contribution < -0.4 is 4.74 Å². The Morgan fingerprint density at radius 1 is 1.32 bits per heavy atom. The zero-order valence-electron chi connectivity index (χ0n) is 12.5. The van der Waals surface area contributed by atoms with Gasteiger partial charge in [0.15, 0.2) is 0 Å². The van der Waals surface area contributed by atoms with E-state index in [0.29, 0.717) is 23.1 Å². The lowest BCUT2D eigenvalue weighted by molar-refractivity contribution is -0.143. The molecule has 1 saturated heterocycles. The van der Waals surface area contributed by atoms with Crippen LogP contribution in [0.2, 0.25) is 0 Å². The van der Waals surface area contributed by atoms with Crippen molar-refractivity contribution < 1.29 is 19.0 Å². The second kappa shape index (κ2) is 6.08. The number of benzene rings is 1. The van der Waals surface area contributed by atoms with Gasteiger partial charge in [-0.1, -0.05) is 12.2 Å². The molecule has 1 fully saturated rings. The number of likely N-dealkylation sites (tertiary alicyclic amines) is 1. The van der Waals surface area contributed by atoms with E-state index in [2.05, 4.69) is 12.2 Å². The summed E-state index contributed by atoms with van der Waals surface area (Å²) in [6.07, 6.45) is 6.33. The van der Waals surface area contributed by atoms with Gasteiger partial charge in [-0.3, -0.25) is 9.69 Å². The minimum absolute atomic E-state index is 0.390. The third-order valence-electron chi connectivity index (χ3n) is 4.73. The van der Waals surface area contributed by atoms with E-state index in [1.165, 1.54) is 25.3 Å². The van der Waals surface area contributed by atoms with Crippen LogP contribution in [0.5, 0.6) is 5.75 Å².